The summed E-state index contributed by atoms with van der Waals surface area (Å²) in [6, 6.07) is 15.2. The van der Waals surface area contributed by atoms with Crippen LogP contribution in [0.4, 0.5) is 11.4 Å². The number of hydrogen-bond donors (Lipinski definition) is 1. The highest BCUT2D eigenvalue weighted by atomic mass is 16.5. The van der Waals surface area contributed by atoms with E-state index in [-0.39, 0.29) is 11.8 Å². The molecule has 1 heterocycles. The van der Waals surface area contributed by atoms with E-state index in [4.69, 9.17) is 4.74 Å². The number of hydrogen-bond acceptors (Lipinski definition) is 5. The molecule has 0 aromatic heterocycles. The van der Waals surface area contributed by atoms with Crippen molar-refractivity contribution in [1.82, 2.24) is 4.90 Å². The van der Waals surface area contributed by atoms with Crippen molar-refractivity contribution in [3.8, 4) is 5.75 Å². The molecule has 2 amide bonds. The van der Waals surface area contributed by atoms with Gasteiger partial charge < -0.3 is 15.0 Å². The van der Waals surface area contributed by atoms with Crippen molar-refractivity contribution in [3.05, 3.63) is 59.8 Å². The second kappa shape index (κ2) is 9.48. The number of imide groups is 1. The van der Waals surface area contributed by atoms with E-state index in [9.17, 15) is 9.59 Å². The van der Waals surface area contributed by atoms with Gasteiger partial charge in [0.15, 0.2) is 0 Å². The molecular weight excluding hydrogens is 378 g/mol. The number of likely N-dealkylation sites (N-methyl/N-ethyl adjacent to an activating group) is 1. The Morgan fingerprint density at radius 2 is 1.53 bits per heavy atom. The lowest BCUT2D eigenvalue weighted by Gasteiger charge is -2.21. The van der Waals surface area contributed by atoms with Crippen molar-refractivity contribution >= 4 is 28.8 Å². The highest BCUT2D eigenvalue weighted by molar-refractivity contribution is 6.36. The average Bonchev–Trinajstić information content (AvgIpc) is 2.98. The SMILES string of the molecule is CCCOc1ccc(C2=C(Nc3ccc(N(CC)CC)cc3)C(=O)N(C)C2=O)cc1. The van der Waals surface area contributed by atoms with Crippen LogP contribution in [-0.4, -0.2) is 43.5 Å². The van der Waals surface area contributed by atoms with Crippen molar-refractivity contribution in [1.29, 1.82) is 0 Å². The monoisotopic (exact) mass is 407 g/mol. The van der Waals surface area contributed by atoms with Crippen LogP contribution >= 0.6 is 0 Å². The van der Waals surface area contributed by atoms with Crippen LogP contribution < -0.4 is 15.0 Å². The van der Waals surface area contributed by atoms with Gasteiger partial charge in [0.25, 0.3) is 11.8 Å². The van der Waals surface area contributed by atoms with Gasteiger partial charge >= 0.3 is 0 Å². The molecule has 2 aromatic rings. The maximum absolute atomic E-state index is 12.8. The molecule has 6 nitrogen and oxygen atoms in total. The molecule has 1 N–H and O–H groups in total. The lowest BCUT2D eigenvalue weighted by atomic mass is 10.0. The number of carbonyl (C=O) groups excluding carboxylic acids is 2. The van der Waals surface area contributed by atoms with Crippen LogP contribution in [0, 0.1) is 0 Å². The van der Waals surface area contributed by atoms with Gasteiger partial charge in [0, 0.05) is 31.5 Å². The first-order valence-corrected chi connectivity index (χ1v) is 10.4. The Bertz CT molecular complexity index is 929. The molecule has 30 heavy (non-hydrogen) atoms. The van der Waals surface area contributed by atoms with E-state index in [0.29, 0.717) is 23.4 Å². The lowest BCUT2D eigenvalue weighted by Crippen LogP contribution is -2.27. The number of anilines is 2. The summed E-state index contributed by atoms with van der Waals surface area (Å²) in [6.07, 6.45) is 0.922. The van der Waals surface area contributed by atoms with Crippen LogP contribution in [-0.2, 0) is 9.59 Å². The minimum absolute atomic E-state index is 0.292. The van der Waals surface area contributed by atoms with Gasteiger partial charge in [-0.05, 0) is 62.2 Å². The Labute approximate surface area is 178 Å². The number of rotatable bonds is 9. The first-order valence-electron chi connectivity index (χ1n) is 10.4. The fraction of sp³-hybridized carbons (Fsp3) is 0.333. The van der Waals surface area contributed by atoms with E-state index in [1.54, 1.807) is 0 Å². The third kappa shape index (κ3) is 4.32. The number of carbonyl (C=O) groups is 2. The molecular formula is C24H29N3O3. The Kier molecular flexibility index (Phi) is 6.77. The summed E-state index contributed by atoms with van der Waals surface area (Å²) < 4.78 is 5.62. The molecule has 158 valence electrons. The van der Waals surface area contributed by atoms with Crippen LogP contribution in [0.15, 0.2) is 54.2 Å². The van der Waals surface area contributed by atoms with Gasteiger partial charge in [0.05, 0.1) is 12.2 Å². The van der Waals surface area contributed by atoms with Gasteiger partial charge in [-0.3, -0.25) is 14.5 Å². The molecule has 0 spiro atoms. The molecule has 0 unspecified atom stereocenters. The predicted molar refractivity (Wildman–Crippen MR) is 121 cm³/mol. The standard InChI is InChI=1S/C24H29N3O3/c1-5-16-30-20-14-8-17(9-15-20)21-22(24(29)26(4)23(21)28)25-18-10-12-19(13-11-18)27(6-2)7-3/h8-15,25H,5-7,16H2,1-4H3. The number of amides is 2. The molecule has 0 saturated heterocycles. The summed E-state index contributed by atoms with van der Waals surface area (Å²) in [5.74, 6) is 0.0893. The Morgan fingerprint density at radius 1 is 0.900 bits per heavy atom. The minimum atomic E-state index is -0.339. The van der Waals surface area contributed by atoms with E-state index in [0.717, 1.165) is 41.5 Å². The molecule has 3 rings (SSSR count). The third-order valence-electron chi connectivity index (χ3n) is 5.17. The normalized spacial score (nSPS) is 13.8. The molecule has 0 atom stereocenters. The topological polar surface area (TPSA) is 61.9 Å². The summed E-state index contributed by atoms with van der Waals surface area (Å²) >= 11 is 0. The van der Waals surface area contributed by atoms with Crippen LogP contribution in [0.2, 0.25) is 0 Å². The molecule has 6 heteroatoms. The Hall–Kier alpha value is -3.28. The zero-order valence-corrected chi connectivity index (χ0v) is 18.1. The second-order valence-electron chi connectivity index (χ2n) is 7.14. The number of ether oxygens (including phenoxy) is 1. The maximum Gasteiger partial charge on any atom is 0.277 e. The van der Waals surface area contributed by atoms with Crippen LogP contribution in [0.5, 0.6) is 5.75 Å². The van der Waals surface area contributed by atoms with Gasteiger partial charge in [-0.1, -0.05) is 19.1 Å². The van der Waals surface area contributed by atoms with Crippen LogP contribution in [0.3, 0.4) is 0 Å². The largest absolute Gasteiger partial charge is 0.494 e. The van der Waals surface area contributed by atoms with E-state index < -0.39 is 0 Å². The quantitative estimate of drug-likeness (QED) is 0.633. The predicted octanol–water partition coefficient (Wildman–Crippen LogP) is 4.14. The zero-order valence-electron chi connectivity index (χ0n) is 18.1. The number of nitrogens with one attached hydrogen (secondary N) is 1. The molecule has 0 aliphatic carbocycles. The Morgan fingerprint density at radius 3 is 2.10 bits per heavy atom. The van der Waals surface area contributed by atoms with Crippen molar-refractivity contribution in [3.63, 3.8) is 0 Å². The maximum atomic E-state index is 12.8. The molecule has 1 aliphatic rings. The molecule has 1 aliphatic heterocycles. The van der Waals surface area contributed by atoms with Crippen LogP contribution in [0.1, 0.15) is 32.8 Å². The van der Waals surface area contributed by atoms with E-state index in [1.807, 2.05) is 55.5 Å². The van der Waals surface area contributed by atoms with E-state index in [1.165, 1.54) is 7.05 Å². The van der Waals surface area contributed by atoms with E-state index in [2.05, 4.69) is 24.1 Å². The third-order valence-corrected chi connectivity index (χ3v) is 5.17. The summed E-state index contributed by atoms with van der Waals surface area (Å²) in [5.41, 5.74) is 3.23. The Balaban J connectivity index is 1.90. The smallest absolute Gasteiger partial charge is 0.277 e. The molecule has 0 saturated carbocycles. The molecule has 2 aromatic carbocycles. The van der Waals surface area contributed by atoms with Crippen molar-refractivity contribution < 1.29 is 14.3 Å². The van der Waals surface area contributed by atoms with Crippen molar-refractivity contribution in [2.75, 3.05) is 37.0 Å². The summed E-state index contributed by atoms with van der Waals surface area (Å²) in [5, 5.41) is 3.17. The number of nitrogens with zero attached hydrogens (tertiary/aromatic N) is 2. The lowest BCUT2D eigenvalue weighted by molar-refractivity contribution is -0.135. The van der Waals surface area contributed by atoms with Gasteiger partial charge in [-0.15, -0.1) is 0 Å². The first kappa shape index (κ1) is 21.4. The summed E-state index contributed by atoms with van der Waals surface area (Å²) in [7, 11) is 1.50. The number of benzene rings is 2. The van der Waals surface area contributed by atoms with Crippen LogP contribution in [0.25, 0.3) is 5.57 Å². The highest BCUT2D eigenvalue weighted by Crippen LogP contribution is 2.31. The van der Waals surface area contributed by atoms with Gasteiger partial charge in [-0.25, -0.2) is 0 Å². The van der Waals surface area contributed by atoms with Gasteiger partial charge in [0.2, 0.25) is 0 Å². The average molecular weight is 408 g/mol. The molecule has 0 bridgehead atoms. The van der Waals surface area contributed by atoms with Gasteiger partial charge in [0.1, 0.15) is 11.4 Å². The second-order valence-corrected chi connectivity index (χ2v) is 7.14. The summed E-state index contributed by atoms with van der Waals surface area (Å²) in [4.78, 5) is 28.9. The molecule has 0 fully saturated rings. The van der Waals surface area contributed by atoms with Crippen molar-refractivity contribution in [2.24, 2.45) is 0 Å². The van der Waals surface area contributed by atoms with Gasteiger partial charge in [-0.2, -0.15) is 0 Å². The minimum Gasteiger partial charge on any atom is -0.494 e. The summed E-state index contributed by atoms with van der Waals surface area (Å²) in [6.45, 7) is 8.76. The highest BCUT2D eigenvalue weighted by Gasteiger charge is 2.36. The zero-order chi connectivity index (χ0) is 21.7. The fourth-order valence-electron chi connectivity index (χ4n) is 3.45. The first-order chi connectivity index (χ1) is 14.5. The van der Waals surface area contributed by atoms with Crippen molar-refractivity contribution in [2.45, 2.75) is 27.2 Å². The molecule has 0 radical (unpaired) electrons. The fourth-order valence-corrected chi connectivity index (χ4v) is 3.45. The van der Waals surface area contributed by atoms with E-state index >= 15 is 0 Å².